The minimum atomic E-state index is -0.0462. The zero-order valence-electron chi connectivity index (χ0n) is 8.97. The smallest absolute Gasteiger partial charge is 0.225 e. The number of aryl methyl sites for hydroxylation is 1. The SMILES string of the molecule is N#Cc1ccsc1NC(=O)CCc1ccsc1. The van der Waals surface area contributed by atoms with Crippen molar-refractivity contribution in [3.05, 3.63) is 39.4 Å². The molecule has 0 aliphatic heterocycles. The number of nitriles is 1. The molecule has 0 saturated heterocycles. The van der Waals surface area contributed by atoms with E-state index in [2.05, 4.69) is 5.32 Å². The van der Waals surface area contributed by atoms with Gasteiger partial charge in [0.1, 0.15) is 11.1 Å². The summed E-state index contributed by atoms with van der Waals surface area (Å²) in [6, 6.07) is 5.77. The summed E-state index contributed by atoms with van der Waals surface area (Å²) in [7, 11) is 0. The maximum absolute atomic E-state index is 11.7. The lowest BCUT2D eigenvalue weighted by Crippen LogP contribution is -2.11. The third-order valence-corrected chi connectivity index (χ3v) is 3.82. The number of carbonyl (C=O) groups is 1. The fourth-order valence-electron chi connectivity index (χ4n) is 1.38. The molecule has 0 spiro atoms. The number of carbonyl (C=O) groups excluding carboxylic acids is 1. The third kappa shape index (κ3) is 3.16. The molecule has 17 heavy (non-hydrogen) atoms. The third-order valence-electron chi connectivity index (χ3n) is 2.26. The van der Waals surface area contributed by atoms with Crippen LogP contribution in [-0.2, 0) is 11.2 Å². The summed E-state index contributed by atoms with van der Waals surface area (Å²) >= 11 is 3.00. The number of rotatable bonds is 4. The van der Waals surface area contributed by atoms with E-state index >= 15 is 0 Å². The molecule has 0 aromatic carbocycles. The highest BCUT2D eigenvalue weighted by atomic mass is 32.1. The van der Waals surface area contributed by atoms with Crippen LogP contribution in [0.25, 0.3) is 0 Å². The van der Waals surface area contributed by atoms with Crippen LogP contribution in [0, 0.1) is 11.3 Å². The number of hydrogen-bond acceptors (Lipinski definition) is 4. The van der Waals surface area contributed by atoms with E-state index in [0.717, 1.165) is 6.42 Å². The van der Waals surface area contributed by atoms with Crippen LogP contribution in [0.5, 0.6) is 0 Å². The van der Waals surface area contributed by atoms with Crippen molar-refractivity contribution in [1.29, 1.82) is 5.26 Å². The fraction of sp³-hybridized carbons (Fsp3) is 0.167. The lowest BCUT2D eigenvalue weighted by Gasteiger charge is -2.02. The van der Waals surface area contributed by atoms with Gasteiger partial charge < -0.3 is 5.32 Å². The normalized spacial score (nSPS) is 9.82. The molecule has 0 radical (unpaired) electrons. The molecule has 0 unspecified atom stereocenters. The molecule has 0 fully saturated rings. The van der Waals surface area contributed by atoms with E-state index in [0.29, 0.717) is 17.0 Å². The zero-order chi connectivity index (χ0) is 12.1. The van der Waals surface area contributed by atoms with Gasteiger partial charge in [0.2, 0.25) is 5.91 Å². The number of hydrogen-bond donors (Lipinski definition) is 1. The van der Waals surface area contributed by atoms with Crippen LogP contribution >= 0.6 is 22.7 Å². The van der Waals surface area contributed by atoms with E-state index in [9.17, 15) is 4.79 Å². The average molecular weight is 262 g/mol. The van der Waals surface area contributed by atoms with Gasteiger partial charge in [-0.15, -0.1) is 11.3 Å². The molecule has 86 valence electrons. The Balaban J connectivity index is 1.88. The van der Waals surface area contributed by atoms with Gasteiger partial charge in [-0.2, -0.15) is 16.6 Å². The molecular weight excluding hydrogens is 252 g/mol. The molecule has 1 N–H and O–H groups in total. The highest BCUT2D eigenvalue weighted by Gasteiger charge is 2.08. The zero-order valence-corrected chi connectivity index (χ0v) is 10.6. The van der Waals surface area contributed by atoms with Crippen molar-refractivity contribution < 1.29 is 4.79 Å². The molecule has 0 aliphatic carbocycles. The lowest BCUT2D eigenvalue weighted by molar-refractivity contribution is -0.116. The minimum absolute atomic E-state index is 0.0462. The summed E-state index contributed by atoms with van der Waals surface area (Å²) in [4.78, 5) is 11.7. The second kappa shape index (κ2) is 5.62. The largest absolute Gasteiger partial charge is 0.317 e. The minimum Gasteiger partial charge on any atom is -0.317 e. The van der Waals surface area contributed by atoms with E-state index in [1.807, 2.05) is 22.9 Å². The lowest BCUT2D eigenvalue weighted by atomic mass is 10.2. The Hall–Kier alpha value is -1.64. The summed E-state index contributed by atoms with van der Waals surface area (Å²) in [6.45, 7) is 0. The van der Waals surface area contributed by atoms with Gasteiger partial charge in [0, 0.05) is 6.42 Å². The predicted molar refractivity (Wildman–Crippen MR) is 70.3 cm³/mol. The van der Waals surface area contributed by atoms with Crippen LogP contribution in [0.1, 0.15) is 17.5 Å². The Morgan fingerprint density at radius 1 is 1.41 bits per heavy atom. The highest BCUT2D eigenvalue weighted by Crippen LogP contribution is 2.22. The van der Waals surface area contributed by atoms with E-state index < -0.39 is 0 Å². The van der Waals surface area contributed by atoms with Crippen LogP contribution in [0.3, 0.4) is 0 Å². The first-order valence-corrected chi connectivity index (χ1v) is 6.90. The summed E-state index contributed by atoms with van der Waals surface area (Å²) in [5, 5.41) is 18.1. The highest BCUT2D eigenvalue weighted by molar-refractivity contribution is 7.14. The average Bonchev–Trinajstić information content (AvgIpc) is 2.97. The second-order valence-corrected chi connectivity index (χ2v) is 5.15. The van der Waals surface area contributed by atoms with Gasteiger partial charge >= 0.3 is 0 Å². The van der Waals surface area contributed by atoms with Crippen molar-refractivity contribution in [2.24, 2.45) is 0 Å². The number of anilines is 1. The van der Waals surface area contributed by atoms with Crippen LogP contribution in [0.4, 0.5) is 5.00 Å². The predicted octanol–water partition coefficient (Wildman–Crippen LogP) is 3.25. The summed E-state index contributed by atoms with van der Waals surface area (Å²) in [5.74, 6) is -0.0462. The Kier molecular flexibility index (Phi) is 3.91. The molecule has 5 heteroatoms. The molecule has 2 heterocycles. The van der Waals surface area contributed by atoms with Crippen LogP contribution in [-0.4, -0.2) is 5.91 Å². The first kappa shape index (κ1) is 11.8. The van der Waals surface area contributed by atoms with Crippen LogP contribution in [0.15, 0.2) is 28.3 Å². The van der Waals surface area contributed by atoms with E-state index in [-0.39, 0.29) is 5.91 Å². The first-order chi connectivity index (χ1) is 8.29. The van der Waals surface area contributed by atoms with E-state index in [1.165, 1.54) is 16.9 Å². The molecule has 3 nitrogen and oxygen atoms in total. The molecular formula is C12H10N2OS2. The summed E-state index contributed by atoms with van der Waals surface area (Å²) < 4.78 is 0. The molecule has 0 saturated carbocycles. The number of amides is 1. The molecule has 0 atom stereocenters. The number of nitrogens with zero attached hydrogens (tertiary/aromatic N) is 1. The maximum Gasteiger partial charge on any atom is 0.225 e. The van der Waals surface area contributed by atoms with E-state index in [1.54, 1.807) is 22.8 Å². The van der Waals surface area contributed by atoms with Crippen LogP contribution in [0.2, 0.25) is 0 Å². The second-order valence-electron chi connectivity index (χ2n) is 3.45. The van der Waals surface area contributed by atoms with Crippen molar-refractivity contribution >= 4 is 33.6 Å². The first-order valence-electron chi connectivity index (χ1n) is 5.08. The Morgan fingerprint density at radius 2 is 2.29 bits per heavy atom. The van der Waals surface area contributed by atoms with Crippen molar-refractivity contribution in [3.8, 4) is 6.07 Å². The van der Waals surface area contributed by atoms with Gasteiger partial charge in [-0.25, -0.2) is 0 Å². The molecule has 0 bridgehead atoms. The van der Waals surface area contributed by atoms with Crippen molar-refractivity contribution in [1.82, 2.24) is 0 Å². The fourth-order valence-corrected chi connectivity index (χ4v) is 2.83. The molecule has 2 rings (SSSR count). The number of thiophene rings is 2. The number of nitrogens with one attached hydrogen (secondary N) is 1. The molecule has 1 amide bonds. The molecule has 2 aromatic heterocycles. The van der Waals surface area contributed by atoms with Gasteiger partial charge in [-0.1, -0.05) is 0 Å². The summed E-state index contributed by atoms with van der Waals surface area (Å²) in [5.41, 5.74) is 1.70. The van der Waals surface area contributed by atoms with Crippen molar-refractivity contribution in [3.63, 3.8) is 0 Å². The maximum atomic E-state index is 11.7. The van der Waals surface area contributed by atoms with Crippen molar-refractivity contribution in [2.75, 3.05) is 5.32 Å². The Morgan fingerprint density at radius 3 is 3.00 bits per heavy atom. The van der Waals surface area contributed by atoms with Gasteiger partial charge in [-0.3, -0.25) is 4.79 Å². The van der Waals surface area contributed by atoms with Crippen LogP contribution < -0.4 is 5.32 Å². The monoisotopic (exact) mass is 262 g/mol. The van der Waals surface area contributed by atoms with Gasteiger partial charge in [0.15, 0.2) is 0 Å². The van der Waals surface area contributed by atoms with E-state index in [4.69, 9.17) is 5.26 Å². The van der Waals surface area contributed by atoms with Gasteiger partial charge in [0.25, 0.3) is 0 Å². The molecule has 2 aromatic rings. The Labute approximate surface area is 107 Å². The topological polar surface area (TPSA) is 52.9 Å². The van der Waals surface area contributed by atoms with Crippen molar-refractivity contribution in [2.45, 2.75) is 12.8 Å². The van der Waals surface area contributed by atoms with Gasteiger partial charge in [0.05, 0.1) is 5.56 Å². The summed E-state index contributed by atoms with van der Waals surface area (Å²) in [6.07, 6.45) is 1.18. The Bertz CT molecular complexity index is 537. The molecule has 0 aliphatic rings. The standard InChI is InChI=1S/C12H10N2OS2/c13-7-10-4-6-17-12(10)14-11(15)2-1-9-3-5-16-8-9/h3-6,8H,1-2H2,(H,14,15). The van der Waals surface area contributed by atoms with Gasteiger partial charge in [-0.05, 0) is 40.3 Å². The quantitative estimate of drug-likeness (QED) is 0.919.